The fraction of sp³-hybridized carbons (Fsp3) is 0.375. The molecule has 0 unspecified atom stereocenters. The second kappa shape index (κ2) is 5.21. The summed E-state index contributed by atoms with van der Waals surface area (Å²) in [6.45, 7) is 6.53. The molecule has 0 saturated heterocycles. The number of benzene rings is 1. The average Bonchev–Trinajstić information content (AvgIpc) is 2.38. The van der Waals surface area contributed by atoms with Gasteiger partial charge in [0, 0.05) is 25.2 Å². The second-order valence-electron chi connectivity index (χ2n) is 5.53. The highest BCUT2D eigenvalue weighted by atomic mass is 16.1. The summed E-state index contributed by atoms with van der Waals surface area (Å²) in [5, 5.41) is 0. The molecule has 0 fully saturated rings. The van der Waals surface area contributed by atoms with E-state index in [1.54, 1.807) is 0 Å². The van der Waals surface area contributed by atoms with Crippen LogP contribution >= 0.6 is 0 Å². The molecule has 1 N–H and O–H groups in total. The molecule has 1 aliphatic rings. The van der Waals surface area contributed by atoms with Crippen molar-refractivity contribution in [3.63, 3.8) is 0 Å². The zero-order chi connectivity index (χ0) is 14.1. The lowest BCUT2D eigenvalue weighted by molar-refractivity contribution is 0.240. The molecule has 1 aromatic carbocycles. The summed E-state index contributed by atoms with van der Waals surface area (Å²) in [5.41, 5.74) is 4.42. The monoisotopic (exact) mass is 269 g/mol. The highest BCUT2D eigenvalue weighted by Crippen LogP contribution is 2.16. The number of nitrogens with one attached hydrogen (secondary N) is 1. The molecule has 104 valence electrons. The predicted octanol–water partition coefficient (Wildman–Crippen LogP) is 1.95. The van der Waals surface area contributed by atoms with Crippen molar-refractivity contribution in [2.45, 2.75) is 33.4 Å². The van der Waals surface area contributed by atoms with Gasteiger partial charge >= 0.3 is 0 Å². The van der Waals surface area contributed by atoms with E-state index >= 15 is 0 Å². The van der Waals surface area contributed by atoms with Crippen LogP contribution in [0.15, 0.2) is 29.1 Å². The molecule has 4 nitrogen and oxygen atoms in total. The summed E-state index contributed by atoms with van der Waals surface area (Å²) < 4.78 is 0. The third-order valence-electron chi connectivity index (χ3n) is 3.76. The van der Waals surface area contributed by atoms with E-state index in [9.17, 15) is 4.79 Å². The van der Waals surface area contributed by atoms with Crippen molar-refractivity contribution in [2.75, 3.05) is 6.54 Å². The number of aryl methyl sites for hydroxylation is 2. The second-order valence-corrected chi connectivity index (χ2v) is 5.53. The maximum atomic E-state index is 11.9. The maximum Gasteiger partial charge on any atom is 0.254 e. The molecule has 0 spiro atoms. The van der Waals surface area contributed by atoms with Crippen molar-refractivity contribution in [1.29, 1.82) is 0 Å². The summed E-state index contributed by atoms with van der Waals surface area (Å²) >= 11 is 0. The van der Waals surface area contributed by atoms with Crippen molar-refractivity contribution in [3.8, 4) is 0 Å². The highest BCUT2D eigenvalue weighted by Gasteiger charge is 2.20. The number of rotatable bonds is 2. The van der Waals surface area contributed by atoms with E-state index in [4.69, 9.17) is 0 Å². The third-order valence-corrected chi connectivity index (χ3v) is 3.76. The summed E-state index contributed by atoms with van der Waals surface area (Å²) in [4.78, 5) is 21.5. The van der Waals surface area contributed by atoms with Crippen LogP contribution in [0.2, 0.25) is 0 Å². The van der Waals surface area contributed by atoms with Gasteiger partial charge in [0.1, 0.15) is 5.82 Å². The fourth-order valence-electron chi connectivity index (χ4n) is 2.82. The van der Waals surface area contributed by atoms with Gasteiger partial charge in [0.05, 0.1) is 5.69 Å². The topological polar surface area (TPSA) is 49.0 Å². The lowest BCUT2D eigenvalue weighted by Gasteiger charge is -2.27. The number of nitrogens with zero attached hydrogens (tertiary/aromatic N) is 2. The minimum Gasteiger partial charge on any atom is -0.311 e. The van der Waals surface area contributed by atoms with Gasteiger partial charge in [-0.1, -0.05) is 29.8 Å². The van der Waals surface area contributed by atoms with Crippen molar-refractivity contribution in [3.05, 3.63) is 62.8 Å². The lowest BCUT2D eigenvalue weighted by Crippen LogP contribution is -2.35. The fourth-order valence-corrected chi connectivity index (χ4v) is 2.82. The van der Waals surface area contributed by atoms with Crippen LogP contribution in [0, 0.1) is 13.8 Å². The van der Waals surface area contributed by atoms with Crippen molar-refractivity contribution in [2.24, 2.45) is 0 Å². The Morgan fingerprint density at radius 3 is 3.00 bits per heavy atom. The summed E-state index contributed by atoms with van der Waals surface area (Å²) in [6.07, 6.45) is 0.782. The van der Waals surface area contributed by atoms with E-state index < -0.39 is 0 Å². The molecule has 2 aromatic rings. The minimum absolute atomic E-state index is 0.0303. The zero-order valence-electron chi connectivity index (χ0n) is 11.9. The van der Waals surface area contributed by atoms with Gasteiger partial charge in [-0.2, -0.15) is 0 Å². The summed E-state index contributed by atoms with van der Waals surface area (Å²) in [6, 6.07) is 8.57. The molecule has 4 heteroatoms. The molecule has 3 rings (SSSR count). The molecule has 0 aliphatic carbocycles. The molecule has 0 amide bonds. The van der Waals surface area contributed by atoms with Crippen LogP contribution in [0.5, 0.6) is 0 Å². The maximum absolute atomic E-state index is 11.9. The normalized spacial score (nSPS) is 15.1. The predicted molar refractivity (Wildman–Crippen MR) is 78.6 cm³/mol. The number of hydrogen-bond donors (Lipinski definition) is 1. The quantitative estimate of drug-likeness (QED) is 0.906. The first-order valence-corrected chi connectivity index (χ1v) is 6.98. The molecule has 0 saturated carbocycles. The van der Waals surface area contributed by atoms with Gasteiger partial charge in [0.15, 0.2) is 0 Å². The number of fused-ring (bicyclic) bond motifs is 1. The molecule has 1 aromatic heterocycles. The Bertz CT molecular complexity index is 690. The van der Waals surface area contributed by atoms with Gasteiger partial charge in [0.25, 0.3) is 5.56 Å². The smallest absolute Gasteiger partial charge is 0.254 e. The molecule has 0 atom stereocenters. The first kappa shape index (κ1) is 13.1. The number of hydrogen-bond acceptors (Lipinski definition) is 3. The number of aromatic amines is 1. The van der Waals surface area contributed by atoms with E-state index in [0.29, 0.717) is 5.82 Å². The van der Waals surface area contributed by atoms with Crippen LogP contribution in [0.25, 0.3) is 0 Å². The van der Waals surface area contributed by atoms with Crippen LogP contribution < -0.4 is 5.56 Å². The largest absolute Gasteiger partial charge is 0.311 e. The standard InChI is InChI=1S/C16H19N3O/c1-11-4-3-5-13(8-11)9-19-7-6-14-15(10-19)17-12(2)18-16(14)20/h3-5,8H,6-7,9-10H2,1-2H3,(H,17,18,20). The molecular weight excluding hydrogens is 250 g/mol. The Balaban J connectivity index is 1.80. The van der Waals surface area contributed by atoms with Gasteiger partial charge in [-0.05, 0) is 25.8 Å². The molecule has 0 bridgehead atoms. The number of H-pyrrole nitrogens is 1. The first-order valence-electron chi connectivity index (χ1n) is 6.98. The van der Waals surface area contributed by atoms with E-state index in [1.807, 2.05) is 6.92 Å². The first-order chi connectivity index (χ1) is 9.61. The third kappa shape index (κ3) is 2.65. The van der Waals surface area contributed by atoms with Gasteiger partial charge in [0.2, 0.25) is 0 Å². The van der Waals surface area contributed by atoms with Crippen molar-refractivity contribution >= 4 is 0 Å². The van der Waals surface area contributed by atoms with Gasteiger partial charge in [-0.3, -0.25) is 9.69 Å². The van der Waals surface area contributed by atoms with Crippen molar-refractivity contribution < 1.29 is 0 Å². The van der Waals surface area contributed by atoms with E-state index in [0.717, 1.165) is 37.3 Å². The van der Waals surface area contributed by atoms with Crippen LogP contribution in [0.3, 0.4) is 0 Å². The SMILES string of the molecule is Cc1cccc(CN2CCc3c(nc(C)[nH]c3=O)C2)c1. The van der Waals surface area contributed by atoms with Crippen LogP contribution in [0.1, 0.15) is 28.2 Å². The molecule has 20 heavy (non-hydrogen) atoms. The zero-order valence-corrected chi connectivity index (χ0v) is 11.9. The number of aromatic nitrogens is 2. The lowest BCUT2D eigenvalue weighted by atomic mass is 10.0. The Hall–Kier alpha value is -1.94. The van der Waals surface area contributed by atoms with Crippen LogP contribution in [-0.2, 0) is 19.5 Å². The summed E-state index contributed by atoms with van der Waals surface area (Å²) in [5.74, 6) is 0.700. The minimum atomic E-state index is 0.0303. The Morgan fingerprint density at radius 2 is 2.20 bits per heavy atom. The highest BCUT2D eigenvalue weighted by molar-refractivity contribution is 5.24. The Labute approximate surface area is 118 Å². The molecule has 2 heterocycles. The molecule has 0 radical (unpaired) electrons. The Morgan fingerprint density at radius 1 is 1.35 bits per heavy atom. The van der Waals surface area contributed by atoms with Gasteiger partial charge < -0.3 is 4.98 Å². The van der Waals surface area contributed by atoms with E-state index in [2.05, 4.69) is 46.1 Å². The van der Waals surface area contributed by atoms with Crippen molar-refractivity contribution in [1.82, 2.24) is 14.9 Å². The van der Waals surface area contributed by atoms with Crippen LogP contribution in [0.4, 0.5) is 0 Å². The van der Waals surface area contributed by atoms with Gasteiger partial charge in [-0.15, -0.1) is 0 Å². The summed E-state index contributed by atoms with van der Waals surface area (Å²) in [7, 11) is 0. The molecular formula is C16H19N3O. The van der Waals surface area contributed by atoms with E-state index in [-0.39, 0.29) is 5.56 Å². The van der Waals surface area contributed by atoms with Crippen LogP contribution in [-0.4, -0.2) is 21.4 Å². The van der Waals surface area contributed by atoms with Gasteiger partial charge in [-0.25, -0.2) is 4.98 Å². The average molecular weight is 269 g/mol. The Kier molecular flexibility index (Phi) is 3.40. The van der Waals surface area contributed by atoms with E-state index in [1.165, 1.54) is 11.1 Å². The molecule has 1 aliphatic heterocycles.